The van der Waals surface area contributed by atoms with Gasteiger partial charge in [-0.1, -0.05) is 96.6 Å². The number of carbonyl (C=O) groups excluding carboxylic acids is 6. The van der Waals surface area contributed by atoms with Crippen molar-refractivity contribution in [3.05, 3.63) is 78.1 Å². The summed E-state index contributed by atoms with van der Waals surface area (Å²) in [6.07, 6.45) is 18.3. The first-order valence-corrected chi connectivity index (χ1v) is 48.5. The molecule has 720 valence electrons. The Morgan fingerprint density at radius 3 is 1.41 bits per heavy atom. The van der Waals surface area contributed by atoms with Crippen LogP contribution in [0.2, 0.25) is 5.02 Å². The Balaban J connectivity index is 0.000000170. The topological polar surface area (TPSA) is 431 Å². The molecule has 12 aliphatic rings. The predicted molar refractivity (Wildman–Crippen MR) is 490 cm³/mol. The number of carboxylic acids is 2. The van der Waals surface area contributed by atoms with Crippen molar-refractivity contribution < 1.29 is 143 Å². The number of pyridine rings is 2. The number of aliphatic hydroxyl groups is 1. The molecule has 0 bridgehead atoms. The summed E-state index contributed by atoms with van der Waals surface area (Å²) in [6.45, 7) is 22.5. The number of aliphatic carboxylic acids is 2. The van der Waals surface area contributed by atoms with E-state index < -0.39 is 101 Å². The van der Waals surface area contributed by atoms with Gasteiger partial charge in [-0.2, -0.15) is 0 Å². The van der Waals surface area contributed by atoms with Crippen molar-refractivity contribution in [3.63, 3.8) is 0 Å². The Hall–Kier alpha value is -8.27. The Morgan fingerprint density at radius 1 is 0.549 bits per heavy atom. The SMILES string of the molecule is CC(C)(C)[O-].CC(C)Nc1ccn(-c2cc(Cl)c3ccc(OCCN4CCOCC4)cc3n2)n1.CC(C)Nc1ccn(-c2cc(O[C@@H]3C[C@H]4C(=O)N[C@]5(C(=O)O)C[C@H]5CCCCCCC[C@H](NC(=O)OC5C[C@@H]6C[C@@H]6C5)C(=O)N4C3)c3ccc(OCCN4CCOCC4)cc3n2)n1.O=C(N[C@H]1CCCCCCC[C@@H]2C[C@@]2(C(=O)O)NC(=O)[C@@H]2C[C@@H](O)CN2C1=O)OC1C[C@@H]2C[C@@H]2C1.[K+]. The number of anilines is 2. The number of ether oxygens (including phenoxy) is 7. The third kappa shape index (κ3) is 27.2. The molecule has 133 heavy (non-hydrogen) atoms. The van der Waals surface area contributed by atoms with E-state index in [0.29, 0.717) is 140 Å². The molecule has 6 aliphatic heterocycles. The van der Waals surface area contributed by atoms with Gasteiger partial charge in [0.1, 0.15) is 95.7 Å². The van der Waals surface area contributed by atoms with Crippen LogP contribution in [0.25, 0.3) is 33.4 Å². The van der Waals surface area contributed by atoms with Crippen molar-refractivity contribution in [2.24, 2.45) is 35.5 Å². The maximum atomic E-state index is 14.8. The summed E-state index contributed by atoms with van der Waals surface area (Å²) in [6, 6.07) is 15.6. The molecular formula is C96H134ClKN16O19. The van der Waals surface area contributed by atoms with Crippen LogP contribution in [-0.4, -0.2) is 282 Å². The van der Waals surface area contributed by atoms with Gasteiger partial charge in [-0.05, 0) is 165 Å². The van der Waals surface area contributed by atoms with Crippen LogP contribution >= 0.6 is 11.6 Å². The van der Waals surface area contributed by atoms with Gasteiger partial charge in [0.25, 0.3) is 0 Å². The number of carbonyl (C=O) groups is 8. The Labute approximate surface area is 825 Å². The number of morpholine rings is 2. The smallest absolute Gasteiger partial charge is 0.850 e. The number of carboxylic acid groups (broad SMARTS) is 2. The van der Waals surface area contributed by atoms with Crippen LogP contribution in [0.15, 0.2) is 73.1 Å². The number of benzene rings is 2. The molecule has 6 aliphatic carbocycles. The van der Waals surface area contributed by atoms with Crippen LogP contribution in [-0.2, 0) is 47.7 Å². The number of aromatic nitrogens is 6. The zero-order chi connectivity index (χ0) is 93.1. The maximum absolute atomic E-state index is 14.8. The fourth-order valence-corrected chi connectivity index (χ4v) is 20.3. The van der Waals surface area contributed by atoms with E-state index in [2.05, 4.69) is 60.6 Å². The minimum atomic E-state index is -1.38. The quantitative estimate of drug-likeness (QED) is 0.0303. The molecule has 0 radical (unpaired) electrons. The number of hydrogen-bond acceptors (Lipinski definition) is 25. The van der Waals surface area contributed by atoms with E-state index in [1.807, 2.05) is 80.8 Å². The van der Waals surface area contributed by atoms with Gasteiger partial charge >= 0.3 is 75.5 Å². The third-order valence-corrected chi connectivity index (χ3v) is 27.7. The number of rotatable bonds is 22. The van der Waals surface area contributed by atoms with E-state index in [1.165, 1.54) is 22.6 Å². The normalized spacial score (nSPS) is 28.9. The number of halogens is 1. The van der Waals surface area contributed by atoms with Crippen molar-refractivity contribution in [1.82, 2.24) is 70.4 Å². The van der Waals surface area contributed by atoms with Crippen molar-refractivity contribution in [2.45, 2.75) is 280 Å². The standard InChI is InChI=1S/C46H62N8O9.C25H37N3O7.C21H26ClN5O2.C4H9O.K/c1-28(2)47-40-12-13-54(51-40)41-25-39(35-11-10-32(23-37(35)48-41)61-19-16-52-14-17-60-18-15-52)62-34-24-38-42(55)50-46(44(57)58)26-31(46)8-6-4-3-5-7-9-36(43(56)53(38)27-34)49-45(59)63-33-21-29-20-30(29)22-33;29-17-11-20-21(30)27-25(23(32)33)12-16(25)6-4-2-1-3-5-7-19(22(31)28(20)13-17)26-24(34)35-18-9-14-8-15(14)10-18;1-15(2)23-20-5-6-27(25-20)21-14-18(22)17-4-3-16(13-19(17)24-21)29-12-9-26-7-10-28-11-8-26;1-4(2,3)5;/h10-13,23,25,28-31,33-34,36,38H,3-9,14-22,24,26-27H2,1-2H3,(H,47,51)(H,49,59)(H,50,55)(H,57,58);14-20,29H,1-13H2,(H,26,34)(H,27,30)(H,32,33);3-6,13-15H,7-12H2,1-2H3,(H,23,25);1-3H3;/q;;;-1;+1/t29-,30+,31-,33?,34-,36+,38+,46-;14-,15+,16-,17-,18?,19+,20+,25-;;;/m11.../s1. The number of fused-ring (bicyclic) bond motifs is 8. The maximum Gasteiger partial charge on any atom is 1.00 e. The Bertz CT molecular complexity index is 5000. The van der Waals surface area contributed by atoms with E-state index in [1.54, 1.807) is 36.2 Å². The molecule has 9 N–H and O–H groups in total. The second kappa shape index (κ2) is 45.3. The summed E-state index contributed by atoms with van der Waals surface area (Å²) in [5, 5.41) is 69.9. The zero-order valence-electron chi connectivity index (χ0n) is 78.3. The average Bonchev–Trinajstić information content (AvgIpc) is 1.58. The van der Waals surface area contributed by atoms with Crippen molar-refractivity contribution in [1.29, 1.82) is 0 Å². The minimum absolute atomic E-state index is 0. The van der Waals surface area contributed by atoms with Crippen LogP contribution in [0.4, 0.5) is 21.2 Å². The second-order valence-electron chi connectivity index (χ2n) is 39.7. The summed E-state index contributed by atoms with van der Waals surface area (Å²) in [5.74, 6) is 2.78. The molecule has 2 aromatic carbocycles. The van der Waals surface area contributed by atoms with E-state index in [0.717, 1.165) is 165 Å². The van der Waals surface area contributed by atoms with E-state index in [-0.39, 0.29) is 107 Å². The summed E-state index contributed by atoms with van der Waals surface area (Å²) >= 11 is 6.51. The first-order chi connectivity index (χ1) is 63.4. The fourth-order valence-electron chi connectivity index (χ4n) is 20.1. The van der Waals surface area contributed by atoms with E-state index in [9.17, 15) is 58.8 Å². The first kappa shape index (κ1) is 101. The third-order valence-electron chi connectivity index (χ3n) is 27.4. The number of amides is 6. The summed E-state index contributed by atoms with van der Waals surface area (Å²) < 4.78 is 44.7. The molecule has 6 aromatic rings. The van der Waals surface area contributed by atoms with Gasteiger partial charge in [-0.3, -0.25) is 29.0 Å². The molecule has 35 nitrogen and oxygen atoms in total. The molecule has 12 fully saturated rings. The molecule has 2 unspecified atom stereocenters. The van der Waals surface area contributed by atoms with Gasteiger partial charge in [0.2, 0.25) is 23.6 Å². The summed E-state index contributed by atoms with van der Waals surface area (Å²) in [4.78, 5) is 124. The van der Waals surface area contributed by atoms with Crippen LogP contribution in [0.5, 0.6) is 17.2 Å². The summed E-state index contributed by atoms with van der Waals surface area (Å²) in [7, 11) is 0. The fraction of sp³-hybridized carbons (Fsp3) is 0.667. The Morgan fingerprint density at radius 2 is 0.962 bits per heavy atom. The van der Waals surface area contributed by atoms with Crippen LogP contribution in [0.1, 0.15) is 203 Å². The van der Waals surface area contributed by atoms with Crippen molar-refractivity contribution in [3.8, 4) is 28.9 Å². The molecule has 0 spiro atoms. The number of alkyl carbamates (subject to hydrolysis) is 2. The average molecular weight is 1890 g/mol. The van der Waals surface area contributed by atoms with Crippen molar-refractivity contribution >= 4 is 92.8 Å². The van der Waals surface area contributed by atoms with Gasteiger partial charge in [-0.25, -0.2) is 38.5 Å². The summed E-state index contributed by atoms with van der Waals surface area (Å²) in [5.41, 5.74) is -2.03. The molecular weight excluding hydrogens is 1760 g/mol. The molecule has 4 aromatic heterocycles. The van der Waals surface area contributed by atoms with E-state index in [4.69, 9.17) is 59.8 Å². The van der Waals surface area contributed by atoms with Gasteiger partial charge < -0.3 is 95.3 Å². The van der Waals surface area contributed by atoms with E-state index >= 15 is 0 Å². The number of aliphatic hydroxyl groups excluding tert-OH is 1. The van der Waals surface area contributed by atoms with Gasteiger partial charge in [0.15, 0.2) is 11.6 Å². The molecule has 6 saturated heterocycles. The molecule has 16 atom stereocenters. The molecule has 6 amide bonds. The zero-order valence-corrected chi connectivity index (χ0v) is 82.1. The van der Waals surface area contributed by atoms with Crippen molar-refractivity contribution in [2.75, 3.05) is 103 Å². The monoisotopic (exact) mass is 1890 g/mol. The van der Waals surface area contributed by atoms with Crippen LogP contribution in [0.3, 0.4) is 0 Å². The second-order valence-corrected chi connectivity index (χ2v) is 40.1. The molecule has 37 heteroatoms. The minimum Gasteiger partial charge on any atom is -0.850 e. The van der Waals surface area contributed by atoms with Crippen LogP contribution in [0, 0.1) is 35.5 Å². The van der Waals surface area contributed by atoms with Gasteiger partial charge in [0.05, 0.1) is 55.1 Å². The number of nitrogens with zero attached hydrogens (tertiary/aromatic N) is 10. The predicted octanol–water partition coefficient (Wildman–Crippen LogP) is 7.20. The number of nitrogens with one attached hydrogen (secondary N) is 6. The largest absolute Gasteiger partial charge is 1.00 e. The van der Waals surface area contributed by atoms with Gasteiger partial charge in [-0.15, -0.1) is 15.8 Å². The molecule has 18 rings (SSSR count). The van der Waals surface area contributed by atoms with Crippen LogP contribution < -0.4 is 103 Å². The molecule has 10 heterocycles. The van der Waals surface area contributed by atoms with Gasteiger partial charge in [0, 0.05) is 130 Å². The Kier molecular flexibility index (Phi) is 34.3. The molecule has 6 saturated carbocycles. The first-order valence-electron chi connectivity index (χ1n) is 48.1. The number of hydrogen-bond donors (Lipinski definition) is 9.